The maximum atomic E-state index is 12.0. The molecule has 0 saturated heterocycles. The molecular formula is C27H19N4NaO3S3. The van der Waals surface area contributed by atoms with Crippen LogP contribution in [0.25, 0.3) is 22.0 Å². The number of anilines is 1. The Bertz CT molecular complexity index is 1830. The van der Waals surface area contributed by atoms with Crippen molar-refractivity contribution < 1.29 is 13.0 Å². The van der Waals surface area contributed by atoms with Gasteiger partial charge in [0, 0.05) is 35.9 Å². The zero-order valence-electron chi connectivity index (χ0n) is 19.1. The average molecular weight is 567 g/mol. The zero-order chi connectivity index (χ0) is 25.6. The standard InChI is InChI=1S/C27H18N4O3S3.Na.H/c28-26-18-7-2-1-6-17(18)25(37(32,33)34)14-21(26)31-30-16-12-13-20(29-15-16)19-8-5-11-24-27(19)36-23-10-4-3-9-22(23)35-24;;/h1-15H,28H2,(H,32,33,34);;. The van der Waals surface area contributed by atoms with Gasteiger partial charge in [-0.3, -0.25) is 9.54 Å². The third-order valence-corrected chi connectivity index (χ3v) is 9.37. The van der Waals surface area contributed by atoms with Crippen molar-refractivity contribution in [3.05, 3.63) is 91.1 Å². The van der Waals surface area contributed by atoms with Gasteiger partial charge in [0.1, 0.15) is 16.3 Å². The van der Waals surface area contributed by atoms with E-state index < -0.39 is 10.1 Å². The van der Waals surface area contributed by atoms with Gasteiger partial charge in [-0.05, 0) is 36.4 Å². The number of hydrogen-bond acceptors (Lipinski definition) is 8. The molecule has 4 aromatic carbocycles. The molecule has 7 nitrogen and oxygen atoms in total. The summed E-state index contributed by atoms with van der Waals surface area (Å²) in [5, 5.41) is 9.17. The normalized spacial score (nSPS) is 12.7. The summed E-state index contributed by atoms with van der Waals surface area (Å²) < 4.78 is 33.6. The fraction of sp³-hybridized carbons (Fsp3) is 0. The van der Waals surface area contributed by atoms with E-state index in [4.69, 9.17) is 5.73 Å². The van der Waals surface area contributed by atoms with Crippen molar-refractivity contribution in [2.24, 2.45) is 10.2 Å². The summed E-state index contributed by atoms with van der Waals surface area (Å²) in [6.45, 7) is 0. The zero-order valence-corrected chi connectivity index (χ0v) is 21.5. The van der Waals surface area contributed by atoms with Crippen LogP contribution in [0.3, 0.4) is 0 Å². The number of fused-ring (bicyclic) bond motifs is 3. The van der Waals surface area contributed by atoms with Gasteiger partial charge in [-0.2, -0.15) is 8.42 Å². The van der Waals surface area contributed by atoms with Gasteiger partial charge in [-0.25, -0.2) is 0 Å². The van der Waals surface area contributed by atoms with E-state index in [2.05, 4.69) is 39.5 Å². The number of nitrogens with two attached hydrogens (primary N) is 1. The van der Waals surface area contributed by atoms with Crippen molar-refractivity contribution in [3.63, 3.8) is 0 Å². The minimum absolute atomic E-state index is 0. The molecule has 0 saturated carbocycles. The van der Waals surface area contributed by atoms with Crippen LogP contribution in [0.1, 0.15) is 0 Å². The van der Waals surface area contributed by atoms with Crippen LogP contribution in [0.4, 0.5) is 17.1 Å². The Labute approximate surface area is 250 Å². The molecule has 0 bridgehead atoms. The number of hydrogen-bond donors (Lipinski definition) is 2. The van der Waals surface area contributed by atoms with Crippen molar-refractivity contribution in [3.8, 4) is 11.3 Å². The Morgan fingerprint density at radius 1 is 0.789 bits per heavy atom. The minimum atomic E-state index is -4.49. The summed E-state index contributed by atoms with van der Waals surface area (Å²) in [6.07, 6.45) is 1.60. The molecule has 0 atom stereocenters. The van der Waals surface area contributed by atoms with E-state index in [0.717, 1.165) is 16.2 Å². The quantitative estimate of drug-likeness (QED) is 0.101. The van der Waals surface area contributed by atoms with Crippen LogP contribution in [-0.4, -0.2) is 47.5 Å². The van der Waals surface area contributed by atoms with E-state index in [0.29, 0.717) is 16.5 Å². The topological polar surface area (TPSA) is 118 Å². The monoisotopic (exact) mass is 566 g/mol. The van der Waals surface area contributed by atoms with Crippen molar-refractivity contribution in [2.75, 3.05) is 5.73 Å². The van der Waals surface area contributed by atoms with Gasteiger partial charge in [-0.15, -0.1) is 10.2 Å². The molecule has 11 heteroatoms. The first kappa shape index (κ1) is 26.9. The van der Waals surface area contributed by atoms with Gasteiger partial charge in [0.15, 0.2) is 0 Å². The Balaban J connectivity index is 0.00000294. The number of pyridine rings is 1. The van der Waals surface area contributed by atoms with Gasteiger partial charge >= 0.3 is 29.6 Å². The molecule has 1 aliphatic rings. The van der Waals surface area contributed by atoms with Crippen LogP contribution < -0.4 is 5.73 Å². The summed E-state index contributed by atoms with van der Waals surface area (Å²) in [6, 6.07) is 26.1. The molecular weight excluding hydrogens is 548 g/mol. The maximum absolute atomic E-state index is 12.0. The summed E-state index contributed by atoms with van der Waals surface area (Å²) in [5.74, 6) is 0. The van der Waals surface area contributed by atoms with Gasteiger partial charge < -0.3 is 5.73 Å². The van der Waals surface area contributed by atoms with E-state index >= 15 is 0 Å². The van der Waals surface area contributed by atoms with Gasteiger partial charge in [0.05, 0.1) is 17.6 Å². The van der Waals surface area contributed by atoms with E-state index in [1.165, 1.54) is 20.8 Å². The SMILES string of the molecule is Nc1c(N=Nc2ccc(-c3cccc4c3Sc3ccccc3S4)nc2)cc(S(=O)(=O)O)c2ccccc12.[NaH]. The molecule has 38 heavy (non-hydrogen) atoms. The number of azo groups is 1. The van der Waals surface area contributed by atoms with Crippen LogP contribution in [-0.2, 0) is 10.1 Å². The van der Waals surface area contributed by atoms with Crippen LogP contribution in [0.15, 0.2) is 126 Å². The van der Waals surface area contributed by atoms with E-state index in [9.17, 15) is 13.0 Å². The average Bonchev–Trinajstić information content (AvgIpc) is 2.91. The summed E-state index contributed by atoms with van der Waals surface area (Å²) >= 11 is 3.49. The molecule has 6 rings (SSSR count). The molecule has 0 fully saturated rings. The predicted octanol–water partition coefficient (Wildman–Crippen LogP) is 7.11. The molecule has 1 aromatic heterocycles. The number of benzene rings is 4. The number of nitrogens with zero attached hydrogens (tertiary/aromatic N) is 3. The number of aromatic nitrogens is 1. The van der Waals surface area contributed by atoms with E-state index in [1.54, 1.807) is 60.1 Å². The van der Waals surface area contributed by atoms with Gasteiger partial charge in [0.2, 0.25) is 0 Å². The van der Waals surface area contributed by atoms with Crippen molar-refractivity contribution in [2.45, 2.75) is 24.5 Å². The Morgan fingerprint density at radius 3 is 2.18 bits per heavy atom. The third kappa shape index (κ3) is 5.13. The molecule has 1 aliphatic heterocycles. The first-order valence-corrected chi connectivity index (χ1v) is 14.2. The van der Waals surface area contributed by atoms with Gasteiger partial charge in [-0.1, -0.05) is 72.1 Å². The van der Waals surface area contributed by atoms with Crippen LogP contribution in [0.2, 0.25) is 0 Å². The van der Waals surface area contributed by atoms with Crippen LogP contribution in [0.5, 0.6) is 0 Å². The molecule has 3 N–H and O–H groups in total. The van der Waals surface area contributed by atoms with E-state index in [1.807, 2.05) is 24.3 Å². The summed E-state index contributed by atoms with van der Waals surface area (Å²) in [5.41, 5.74) is 8.96. The van der Waals surface area contributed by atoms with Crippen molar-refractivity contribution in [1.82, 2.24) is 4.98 Å². The molecule has 0 amide bonds. The van der Waals surface area contributed by atoms with Crippen molar-refractivity contribution >= 4 is 91.0 Å². The number of rotatable bonds is 4. The predicted molar refractivity (Wildman–Crippen MR) is 154 cm³/mol. The second-order valence-electron chi connectivity index (χ2n) is 8.21. The van der Waals surface area contributed by atoms with E-state index in [-0.39, 0.29) is 45.8 Å². The molecule has 184 valence electrons. The Morgan fingerprint density at radius 2 is 1.47 bits per heavy atom. The fourth-order valence-corrected chi connectivity index (χ4v) is 7.22. The molecule has 2 heterocycles. The van der Waals surface area contributed by atoms with Gasteiger partial charge in [0.25, 0.3) is 10.1 Å². The van der Waals surface area contributed by atoms with Crippen LogP contribution >= 0.6 is 23.5 Å². The molecule has 0 spiro atoms. The fourth-order valence-electron chi connectivity index (χ4n) is 4.11. The molecule has 0 unspecified atom stereocenters. The molecule has 5 aromatic rings. The first-order chi connectivity index (χ1) is 17.9. The molecule has 0 aliphatic carbocycles. The molecule has 0 radical (unpaired) electrons. The van der Waals surface area contributed by atoms with Crippen LogP contribution in [0, 0.1) is 0 Å². The second kappa shape index (κ2) is 10.8. The number of nitrogen functional groups attached to an aromatic ring is 1. The first-order valence-electron chi connectivity index (χ1n) is 11.1. The summed E-state index contributed by atoms with van der Waals surface area (Å²) in [7, 11) is -4.49. The Hall–Kier alpha value is -2.70. The summed E-state index contributed by atoms with van der Waals surface area (Å²) in [4.78, 5) is 9.15. The third-order valence-electron chi connectivity index (χ3n) is 5.86. The Kier molecular flexibility index (Phi) is 7.65. The van der Waals surface area contributed by atoms with Crippen molar-refractivity contribution in [1.29, 1.82) is 0 Å². The second-order valence-corrected chi connectivity index (χ2v) is 11.7.